The Labute approximate surface area is 131 Å². The van der Waals surface area contributed by atoms with Crippen LogP contribution in [0.1, 0.15) is 17.8 Å². The molecule has 2 heterocycles. The van der Waals surface area contributed by atoms with Crippen LogP contribution in [0.25, 0.3) is 0 Å². The second-order valence-electron chi connectivity index (χ2n) is 5.57. The van der Waals surface area contributed by atoms with Gasteiger partial charge >= 0.3 is 0 Å². The van der Waals surface area contributed by atoms with Gasteiger partial charge in [-0.25, -0.2) is 4.39 Å². The molecule has 2 aromatic rings. The van der Waals surface area contributed by atoms with Gasteiger partial charge in [-0.1, -0.05) is 12.1 Å². The van der Waals surface area contributed by atoms with Crippen LogP contribution >= 0.6 is 0 Å². The van der Waals surface area contributed by atoms with E-state index in [0.29, 0.717) is 18.8 Å². The van der Waals surface area contributed by atoms with Crippen molar-refractivity contribution in [3.05, 3.63) is 41.5 Å². The summed E-state index contributed by atoms with van der Waals surface area (Å²) in [7, 11) is 1.67. The maximum Gasteiger partial charge on any atom is 0.248 e. The molecule has 2 amide bonds. The van der Waals surface area contributed by atoms with Crippen LogP contribution in [-0.4, -0.2) is 45.5 Å². The number of aromatic nitrogens is 3. The zero-order chi connectivity index (χ0) is 16.4. The third kappa shape index (κ3) is 3.53. The van der Waals surface area contributed by atoms with Crippen molar-refractivity contribution in [1.82, 2.24) is 20.1 Å². The molecule has 1 unspecified atom stereocenters. The molecule has 0 saturated carbocycles. The lowest BCUT2D eigenvalue weighted by Crippen LogP contribution is -2.26. The molecular weight excluding hydrogens is 301 g/mol. The molecule has 8 heteroatoms. The summed E-state index contributed by atoms with van der Waals surface area (Å²) in [5.74, 6) is -0.255. The Morgan fingerprint density at radius 2 is 2.17 bits per heavy atom. The summed E-state index contributed by atoms with van der Waals surface area (Å²) in [6.45, 7) is 0.400. The predicted octanol–water partition coefficient (Wildman–Crippen LogP) is 0.951. The molecule has 1 saturated heterocycles. The lowest BCUT2D eigenvalue weighted by molar-refractivity contribution is -0.127. The fraction of sp³-hybridized carbons (Fsp3) is 0.333. The number of aromatic amines is 1. The van der Waals surface area contributed by atoms with E-state index in [1.54, 1.807) is 19.2 Å². The second-order valence-corrected chi connectivity index (χ2v) is 5.57. The van der Waals surface area contributed by atoms with E-state index in [2.05, 4.69) is 20.5 Å². The van der Waals surface area contributed by atoms with E-state index in [0.717, 1.165) is 5.56 Å². The second kappa shape index (κ2) is 6.15. The third-order valence-electron chi connectivity index (χ3n) is 3.76. The molecule has 1 atom stereocenters. The summed E-state index contributed by atoms with van der Waals surface area (Å²) in [5, 5.41) is 9.28. The van der Waals surface area contributed by atoms with Gasteiger partial charge in [0.2, 0.25) is 17.8 Å². The molecule has 2 N–H and O–H groups in total. The smallest absolute Gasteiger partial charge is 0.248 e. The number of anilines is 1. The fourth-order valence-corrected chi connectivity index (χ4v) is 2.48. The molecule has 1 aliphatic rings. The van der Waals surface area contributed by atoms with E-state index < -0.39 is 0 Å². The highest BCUT2D eigenvalue weighted by Crippen LogP contribution is 2.17. The SMILES string of the molecule is CN1CC(C(=O)Nc2n[nH]c(Cc3ccc(F)cc3)n2)CC1=O. The first-order valence-electron chi connectivity index (χ1n) is 7.22. The maximum atomic E-state index is 12.9. The molecule has 0 bridgehead atoms. The van der Waals surface area contributed by atoms with E-state index in [4.69, 9.17) is 0 Å². The predicted molar refractivity (Wildman–Crippen MR) is 80.0 cm³/mol. The quantitative estimate of drug-likeness (QED) is 0.878. The molecule has 1 fully saturated rings. The summed E-state index contributed by atoms with van der Waals surface area (Å²) >= 11 is 0. The van der Waals surface area contributed by atoms with E-state index in [-0.39, 0.29) is 35.9 Å². The van der Waals surface area contributed by atoms with Crippen molar-refractivity contribution in [2.75, 3.05) is 18.9 Å². The van der Waals surface area contributed by atoms with Gasteiger partial charge in [0.05, 0.1) is 5.92 Å². The van der Waals surface area contributed by atoms with Crippen LogP contribution in [0.2, 0.25) is 0 Å². The van der Waals surface area contributed by atoms with Gasteiger partial charge in [-0.05, 0) is 17.7 Å². The number of likely N-dealkylation sites (tertiary alicyclic amines) is 1. The van der Waals surface area contributed by atoms with Gasteiger partial charge in [-0.3, -0.25) is 20.0 Å². The van der Waals surface area contributed by atoms with Crippen molar-refractivity contribution in [2.45, 2.75) is 12.8 Å². The van der Waals surface area contributed by atoms with E-state index in [1.165, 1.54) is 17.0 Å². The Morgan fingerprint density at radius 1 is 1.43 bits per heavy atom. The normalized spacial score (nSPS) is 17.6. The summed E-state index contributed by atoms with van der Waals surface area (Å²) in [6, 6.07) is 6.08. The standard InChI is InChI=1S/C15H16FN5O2/c1-21-8-10(7-13(21)22)14(23)18-15-17-12(19-20-15)6-9-2-4-11(16)5-3-9/h2-5,10H,6-8H2,1H3,(H2,17,18,19,20,23). The van der Waals surface area contributed by atoms with Crippen molar-refractivity contribution in [3.8, 4) is 0 Å². The molecule has 120 valence electrons. The van der Waals surface area contributed by atoms with Crippen LogP contribution in [0.5, 0.6) is 0 Å². The minimum atomic E-state index is -0.383. The van der Waals surface area contributed by atoms with Crippen LogP contribution < -0.4 is 5.32 Å². The number of H-pyrrole nitrogens is 1. The molecule has 1 aromatic heterocycles. The average molecular weight is 317 g/mol. The molecule has 0 aliphatic carbocycles. The first-order chi connectivity index (χ1) is 11.0. The molecule has 1 aliphatic heterocycles. The highest BCUT2D eigenvalue weighted by atomic mass is 19.1. The minimum Gasteiger partial charge on any atom is -0.345 e. The number of hydrogen-bond acceptors (Lipinski definition) is 4. The van der Waals surface area contributed by atoms with E-state index in [9.17, 15) is 14.0 Å². The van der Waals surface area contributed by atoms with Crippen LogP contribution in [0.3, 0.4) is 0 Å². The Kier molecular flexibility index (Phi) is 4.05. The molecule has 1 aromatic carbocycles. The minimum absolute atomic E-state index is 0.0443. The van der Waals surface area contributed by atoms with Gasteiger partial charge in [0.1, 0.15) is 11.6 Å². The van der Waals surface area contributed by atoms with Crippen LogP contribution in [-0.2, 0) is 16.0 Å². The van der Waals surface area contributed by atoms with Gasteiger partial charge < -0.3 is 4.90 Å². The van der Waals surface area contributed by atoms with Crippen molar-refractivity contribution in [2.24, 2.45) is 5.92 Å². The van der Waals surface area contributed by atoms with Crippen molar-refractivity contribution >= 4 is 17.8 Å². The zero-order valence-electron chi connectivity index (χ0n) is 12.5. The summed E-state index contributed by atoms with van der Waals surface area (Å²) in [6.07, 6.45) is 0.656. The summed E-state index contributed by atoms with van der Waals surface area (Å²) in [4.78, 5) is 29.3. The zero-order valence-corrected chi connectivity index (χ0v) is 12.5. The Hall–Kier alpha value is -2.77. The van der Waals surface area contributed by atoms with E-state index in [1.807, 2.05) is 0 Å². The molecule has 7 nitrogen and oxygen atoms in total. The lowest BCUT2D eigenvalue weighted by atomic mass is 10.1. The molecule has 0 spiro atoms. The fourth-order valence-electron chi connectivity index (χ4n) is 2.48. The largest absolute Gasteiger partial charge is 0.345 e. The first-order valence-corrected chi connectivity index (χ1v) is 7.22. The molecule has 0 radical (unpaired) electrons. The molecule has 3 rings (SSSR count). The first kappa shape index (κ1) is 15.1. The lowest BCUT2D eigenvalue weighted by Gasteiger charge is -2.08. The monoisotopic (exact) mass is 317 g/mol. The van der Waals surface area contributed by atoms with Gasteiger partial charge in [-0.2, -0.15) is 4.98 Å². The number of amides is 2. The Bertz CT molecular complexity index is 728. The highest BCUT2D eigenvalue weighted by Gasteiger charge is 2.32. The van der Waals surface area contributed by atoms with Crippen LogP contribution in [0.15, 0.2) is 24.3 Å². The van der Waals surface area contributed by atoms with Gasteiger partial charge in [0.25, 0.3) is 0 Å². The number of hydrogen-bond donors (Lipinski definition) is 2. The number of carbonyl (C=O) groups excluding carboxylic acids is 2. The number of rotatable bonds is 4. The number of carbonyl (C=O) groups is 2. The number of halogens is 1. The van der Waals surface area contributed by atoms with Crippen molar-refractivity contribution in [3.63, 3.8) is 0 Å². The van der Waals surface area contributed by atoms with Gasteiger partial charge in [-0.15, -0.1) is 5.10 Å². The van der Waals surface area contributed by atoms with Gasteiger partial charge in [0.15, 0.2) is 0 Å². The Morgan fingerprint density at radius 3 is 2.83 bits per heavy atom. The number of nitrogens with zero attached hydrogens (tertiary/aromatic N) is 3. The van der Waals surface area contributed by atoms with Crippen LogP contribution in [0, 0.1) is 11.7 Å². The van der Waals surface area contributed by atoms with Gasteiger partial charge in [0, 0.05) is 26.4 Å². The van der Waals surface area contributed by atoms with E-state index >= 15 is 0 Å². The van der Waals surface area contributed by atoms with Crippen LogP contribution in [0.4, 0.5) is 10.3 Å². The highest BCUT2D eigenvalue weighted by molar-refractivity contribution is 5.96. The number of nitrogens with one attached hydrogen (secondary N) is 2. The van der Waals surface area contributed by atoms with Crippen molar-refractivity contribution in [1.29, 1.82) is 0 Å². The summed E-state index contributed by atoms with van der Waals surface area (Å²) in [5.41, 5.74) is 0.878. The van der Waals surface area contributed by atoms with Crippen molar-refractivity contribution < 1.29 is 14.0 Å². The average Bonchev–Trinajstić information content (AvgIpc) is 3.09. The third-order valence-corrected chi connectivity index (χ3v) is 3.76. The summed E-state index contributed by atoms with van der Waals surface area (Å²) < 4.78 is 12.9. The molecule has 23 heavy (non-hydrogen) atoms. The topological polar surface area (TPSA) is 91.0 Å². The maximum absolute atomic E-state index is 12.9. The number of benzene rings is 1. The Balaban J connectivity index is 1.60. The molecular formula is C15H16FN5O2.